The largest absolute Gasteiger partial charge is 0.452 e. The summed E-state index contributed by atoms with van der Waals surface area (Å²) in [5, 5.41) is 1.62. The molecule has 12 heteroatoms. The molecule has 2 saturated heterocycles. The van der Waals surface area contributed by atoms with Crippen LogP contribution in [0.5, 0.6) is 0 Å². The van der Waals surface area contributed by atoms with Gasteiger partial charge in [0, 0.05) is 26.2 Å². The second-order valence-corrected chi connectivity index (χ2v) is 9.74. The van der Waals surface area contributed by atoms with Crippen molar-refractivity contribution < 1.29 is 35.9 Å². The number of benzene rings is 1. The van der Waals surface area contributed by atoms with Crippen molar-refractivity contribution in [2.45, 2.75) is 43.2 Å². The second kappa shape index (κ2) is 10.1. The molecule has 2 aliphatic rings. The van der Waals surface area contributed by atoms with Gasteiger partial charge in [0.05, 0.1) is 16.1 Å². The standard InChI is InChI=1S/C20H26F3N3O5S/c21-20(22,23)14-24-18(27)13-31-19(28)16-12-15(6-7-17(16)25-8-4-5-9-25)32(29,30)26-10-2-1-3-11-26/h6-7,12H,1-5,8-11,13-14H2,(H,24,27). The molecule has 0 saturated carbocycles. The van der Waals surface area contributed by atoms with Crippen molar-refractivity contribution in [2.24, 2.45) is 0 Å². The second-order valence-electron chi connectivity index (χ2n) is 7.81. The van der Waals surface area contributed by atoms with Crippen LogP contribution < -0.4 is 10.2 Å². The molecular formula is C20H26F3N3O5S. The van der Waals surface area contributed by atoms with Crippen molar-refractivity contribution in [3.05, 3.63) is 23.8 Å². The highest BCUT2D eigenvalue weighted by Crippen LogP contribution is 2.30. The highest BCUT2D eigenvalue weighted by atomic mass is 32.2. The lowest BCUT2D eigenvalue weighted by atomic mass is 10.1. The van der Waals surface area contributed by atoms with E-state index in [1.165, 1.54) is 16.4 Å². The number of esters is 1. The number of ether oxygens (including phenoxy) is 1. The van der Waals surface area contributed by atoms with Crippen molar-refractivity contribution in [2.75, 3.05) is 44.2 Å². The number of carbonyl (C=O) groups excluding carboxylic acids is 2. The van der Waals surface area contributed by atoms with Crippen molar-refractivity contribution in [1.29, 1.82) is 0 Å². The minimum absolute atomic E-state index is 0.0337. The van der Waals surface area contributed by atoms with E-state index in [0.29, 0.717) is 31.9 Å². The van der Waals surface area contributed by atoms with E-state index in [9.17, 15) is 31.2 Å². The van der Waals surface area contributed by atoms with Crippen LogP contribution in [0.1, 0.15) is 42.5 Å². The molecule has 1 amide bonds. The first-order chi connectivity index (χ1) is 15.1. The number of hydrogen-bond acceptors (Lipinski definition) is 6. The Kier molecular flexibility index (Phi) is 7.65. The third-order valence-electron chi connectivity index (χ3n) is 5.41. The first-order valence-corrected chi connectivity index (χ1v) is 11.9. The molecule has 0 radical (unpaired) electrons. The number of carbonyl (C=O) groups is 2. The molecule has 0 bridgehead atoms. The summed E-state index contributed by atoms with van der Waals surface area (Å²) in [6.07, 6.45) is -0.308. The van der Waals surface area contributed by atoms with Gasteiger partial charge in [0.1, 0.15) is 6.54 Å². The summed E-state index contributed by atoms with van der Waals surface area (Å²) in [6.45, 7) is -0.302. The Morgan fingerprint density at radius 3 is 2.25 bits per heavy atom. The summed E-state index contributed by atoms with van der Waals surface area (Å²) in [4.78, 5) is 26.2. The Hall–Kier alpha value is -2.34. The molecule has 1 aromatic carbocycles. The van der Waals surface area contributed by atoms with Gasteiger partial charge in [0.25, 0.3) is 5.91 Å². The normalized spacial score (nSPS) is 17.9. The molecule has 0 spiro atoms. The highest BCUT2D eigenvalue weighted by molar-refractivity contribution is 7.89. The molecule has 0 aliphatic carbocycles. The average molecular weight is 478 g/mol. The van der Waals surface area contributed by atoms with E-state index in [1.54, 1.807) is 11.4 Å². The van der Waals surface area contributed by atoms with E-state index in [-0.39, 0.29) is 10.5 Å². The number of halogens is 3. The number of sulfonamides is 1. The average Bonchev–Trinajstić information content (AvgIpc) is 3.30. The molecule has 8 nitrogen and oxygen atoms in total. The van der Waals surface area contributed by atoms with Crippen LogP contribution in [0.25, 0.3) is 0 Å². The van der Waals surface area contributed by atoms with Gasteiger partial charge in [-0.1, -0.05) is 6.42 Å². The van der Waals surface area contributed by atoms with Crippen LogP contribution in [0.3, 0.4) is 0 Å². The Labute approximate surface area is 184 Å². The molecule has 1 aromatic rings. The molecule has 3 rings (SSSR count). The van der Waals surface area contributed by atoms with Crippen LogP contribution in [-0.2, 0) is 19.6 Å². The molecule has 1 N–H and O–H groups in total. The molecule has 2 aliphatic heterocycles. The summed E-state index contributed by atoms with van der Waals surface area (Å²) < 4.78 is 69.0. The van der Waals surface area contributed by atoms with Gasteiger partial charge in [-0.3, -0.25) is 4.79 Å². The summed E-state index contributed by atoms with van der Waals surface area (Å²) in [6, 6.07) is 4.22. The minimum atomic E-state index is -4.58. The number of piperidine rings is 1. The van der Waals surface area contributed by atoms with Crippen molar-refractivity contribution in [1.82, 2.24) is 9.62 Å². The number of nitrogens with zero attached hydrogens (tertiary/aromatic N) is 2. The van der Waals surface area contributed by atoms with Crippen LogP contribution in [0.4, 0.5) is 18.9 Å². The van der Waals surface area contributed by atoms with E-state index in [2.05, 4.69) is 0 Å². The predicted octanol–water partition coefficient (Wildman–Crippen LogP) is 2.30. The lowest BCUT2D eigenvalue weighted by molar-refractivity contribution is -0.140. The van der Waals surface area contributed by atoms with E-state index >= 15 is 0 Å². The van der Waals surface area contributed by atoms with Gasteiger partial charge in [0.15, 0.2) is 6.61 Å². The molecule has 0 atom stereocenters. The van der Waals surface area contributed by atoms with E-state index in [4.69, 9.17) is 4.74 Å². The fourth-order valence-electron chi connectivity index (χ4n) is 3.79. The van der Waals surface area contributed by atoms with Crippen molar-refractivity contribution in [3.8, 4) is 0 Å². The fraction of sp³-hybridized carbons (Fsp3) is 0.600. The summed E-state index contributed by atoms with van der Waals surface area (Å²) in [5.74, 6) is -2.07. The van der Waals surface area contributed by atoms with E-state index in [1.807, 2.05) is 4.90 Å². The Balaban J connectivity index is 1.80. The maximum Gasteiger partial charge on any atom is 0.405 e. The summed E-state index contributed by atoms with van der Waals surface area (Å²) in [5.41, 5.74) is 0.439. The number of amides is 1. The zero-order valence-corrected chi connectivity index (χ0v) is 18.3. The fourth-order valence-corrected chi connectivity index (χ4v) is 5.33. The molecule has 178 valence electrons. The third-order valence-corrected chi connectivity index (χ3v) is 7.30. The van der Waals surface area contributed by atoms with Crippen molar-refractivity contribution >= 4 is 27.6 Å². The zero-order valence-electron chi connectivity index (χ0n) is 17.5. The van der Waals surface area contributed by atoms with Crippen LogP contribution in [0, 0.1) is 0 Å². The van der Waals surface area contributed by atoms with Gasteiger partial charge in [0.2, 0.25) is 10.0 Å². The quantitative estimate of drug-likeness (QED) is 0.606. The van der Waals surface area contributed by atoms with Gasteiger partial charge in [-0.25, -0.2) is 13.2 Å². The minimum Gasteiger partial charge on any atom is -0.452 e. The van der Waals surface area contributed by atoms with Crippen LogP contribution in [0.15, 0.2) is 23.1 Å². The number of anilines is 1. The Morgan fingerprint density at radius 1 is 1.00 bits per heavy atom. The molecule has 0 aromatic heterocycles. The van der Waals surface area contributed by atoms with Crippen LogP contribution in [-0.4, -0.2) is 70.1 Å². The maximum absolute atomic E-state index is 13.0. The van der Waals surface area contributed by atoms with E-state index in [0.717, 1.165) is 32.1 Å². The van der Waals surface area contributed by atoms with Crippen LogP contribution >= 0.6 is 0 Å². The number of rotatable bonds is 7. The molecule has 32 heavy (non-hydrogen) atoms. The van der Waals surface area contributed by atoms with Gasteiger partial charge in [-0.05, 0) is 43.9 Å². The SMILES string of the molecule is O=C(COC(=O)c1cc(S(=O)(=O)N2CCCCC2)ccc1N1CCCC1)NCC(F)(F)F. The topological polar surface area (TPSA) is 96.0 Å². The molecule has 0 unspecified atom stereocenters. The third kappa shape index (κ3) is 6.12. The molecule has 2 heterocycles. The van der Waals surface area contributed by atoms with Crippen molar-refractivity contribution in [3.63, 3.8) is 0 Å². The number of nitrogens with one attached hydrogen (secondary N) is 1. The Morgan fingerprint density at radius 2 is 1.62 bits per heavy atom. The van der Waals surface area contributed by atoms with Gasteiger partial charge in [-0.15, -0.1) is 0 Å². The van der Waals surface area contributed by atoms with Gasteiger partial charge < -0.3 is 15.0 Å². The highest BCUT2D eigenvalue weighted by Gasteiger charge is 2.30. The smallest absolute Gasteiger partial charge is 0.405 e. The van der Waals surface area contributed by atoms with Gasteiger partial charge in [-0.2, -0.15) is 17.5 Å². The Bertz CT molecular complexity index is 940. The lowest BCUT2D eigenvalue weighted by Crippen LogP contribution is -2.36. The molecule has 2 fully saturated rings. The zero-order chi connectivity index (χ0) is 23.4. The lowest BCUT2D eigenvalue weighted by Gasteiger charge is -2.27. The predicted molar refractivity (Wildman–Crippen MR) is 110 cm³/mol. The number of alkyl halides is 3. The number of hydrogen-bond donors (Lipinski definition) is 1. The first-order valence-electron chi connectivity index (χ1n) is 10.5. The van der Waals surface area contributed by atoms with E-state index < -0.39 is 41.2 Å². The monoisotopic (exact) mass is 477 g/mol. The molecular weight excluding hydrogens is 451 g/mol. The van der Waals surface area contributed by atoms with Crippen LogP contribution in [0.2, 0.25) is 0 Å². The first kappa shape index (κ1) is 24.3. The maximum atomic E-state index is 13.0. The van der Waals surface area contributed by atoms with Gasteiger partial charge >= 0.3 is 12.1 Å². The summed E-state index contributed by atoms with van der Waals surface area (Å²) in [7, 11) is -3.81. The summed E-state index contributed by atoms with van der Waals surface area (Å²) >= 11 is 0.